The molecule has 2 aromatic heterocycles. The molecule has 1 amide bonds. The zero-order chi connectivity index (χ0) is 26.9. The van der Waals surface area contributed by atoms with Crippen LogP contribution in [0.15, 0.2) is 60.8 Å². The first-order valence-electron chi connectivity index (χ1n) is 12.9. The minimum atomic E-state index is -4.39. The lowest BCUT2D eigenvalue weighted by Gasteiger charge is -2.36. The Kier molecular flexibility index (Phi) is 7.10. The van der Waals surface area contributed by atoms with Crippen LogP contribution < -0.4 is 4.90 Å². The number of rotatable bonds is 6. The number of carbonyl (C=O) groups is 1. The molecular weight excluding hydrogens is 491 g/mol. The van der Waals surface area contributed by atoms with E-state index in [1.807, 2.05) is 23.1 Å². The number of alkyl halides is 3. The Morgan fingerprint density at radius 1 is 0.947 bits per heavy atom. The number of hydrogen-bond donors (Lipinski definition) is 0. The number of aromatic nitrogens is 3. The predicted octanol–water partition coefficient (Wildman–Crippen LogP) is 5.43. The normalized spacial score (nSPS) is 14.3. The van der Waals surface area contributed by atoms with Crippen molar-refractivity contribution in [3.05, 3.63) is 94.4 Å². The van der Waals surface area contributed by atoms with Crippen LogP contribution in [0.25, 0.3) is 5.65 Å². The lowest BCUT2D eigenvalue weighted by Crippen LogP contribution is -2.48. The molecule has 0 radical (unpaired) electrons. The summed E-state index contributed by atoms with van der Waals surface area (Å²) in [6.45, 7) is 5.85. The lowest BCUT2D eigenvalue weighted by molar-refractivity contribution is -0.137. The summed E-state index contributed by atoms with van der Waals surface area (Å²) in [5.74, 6) is -0.156. The van der Waals surface area contributed by atoms with Gasteiger partial charge in [-0.25, -0.2) is 9.50 Å². The predicted molar refractivity (Wildman–Crippen MR) is 141 cm³/mol. The van der Waals surface area contributed by atoms with Crippen molar-refractivity contribution in [1.82, 2.24) is 19.5 Å². The molecule has 1 aliphatic heterocycles. The summed E-state index contributed by atoms with van der Waals surface area (Å²) < 4.78 is 41.2. The van der Waals surface area contributed by atoms with Gasteiger partial charge in [0.25, 0.3) is 5.91 Å². The van der Waals surface area contributed by atoms with Crippen molar-refractivity contribution in [2.75, 3.05) is 31.1 Å². The summed E-state index contributed by atoms with van der Waals surface area (Å²) >= 11 is 0. The van der Waals surface area contributed by atoms with E-state index in [-0.39, 0.29) is 5.91 Å². The van der Waals surface area contributed by atoms with E-state index in [1.165, 1.54) is 11.6 Å². The van der Waals surface area contributed by atoms with E-state index in [0.29, 0.717) is 43.1 Å². The van der Waals surface area contributed by atoms with Gasteiger partial charge in [0.2, 0.25) is 0 Å². The van der Waals surface area contributed by atoms with E-state index in [2.05, 4.69) is 31.1 Å². The lowest BCUT2D eigenvalue weighted by atomic mass is 9.99. The number of nitrogens with zero attached hydrogens (tertiary/aromatic N) is 5. The summed E-state index contributed by atoms with van der Waals surface area (Å²) in [7, 11) is 0. The van der Waals surface area contributed by atoms with Crippen LogP contribution in [0.5, 0.6) is 0 Å². The number of benzene rings is 2. The topological polar surface area (TPSA) is 53.7 Å². The third-order valence-electron chi connectivity index (χ3n) is 7.17. The Morgan fingerprint density at radius 3 is 2.34 bits per heavy atom. The number of hydrogen-bond acceptors (Lipinski definition) is 4. The van der Waals surface area contributed by atoms with Crippen molar-refractivity contribution in [3.8, 4) is 0 Å². The van der Waals surface area contributed by atoms with Crippen LogP contribution in [0.3, 0.4) is 0 Å². The molecule has 0 aliphatic carbocycles. The minimum absolute atomic E-state index is 0.156. The molecular formula is C29H30F3N5O. The number of aryl methyl sites for hydroxylation is 2. The van der Waals surface area contributed by atoms with Crippen molar-refractivity contribution in [1.29, 1.82) is 0 Å². The molecule has 4 aromatic rings. The maximum atomic E-state index is 13.5. The third kappa shape index (κ3) is 4.97. The second-order valence-corrected chi connectivity index (χ2v) is 9.47. The van der Waals surface area contributed by atoms with Crippen molar-refractivity contribution < 1.29 is 18.0 Å². The van der Waals surface area contributed by atoms with Crippen LogP contribution in [0, 0.1) is 0 Å². The zero-order valence-electron chi connectivity index (χ0n) is 21.5. The van der Waals surface area contributed by atoms with E-state index >= 15 is 0 Å². The van der Waals surface area contributed by atoms with Crippen LogP contribution in [0.2, 0.25) is 0 Å². The molecule has 0 atom stereocenters. The number of carbonyl (C=O) groups excluding carboxylic acids is 1. The average Bonchev–Trinajstić information content (AvgIpc) is 3.36. The third-order valence-corrected chi connectivity index (χ3v) is 7.17. The molecule has 198 valence electrons. The number of amides is 1. The summed E-state index contributed by atoms with van der Waals surface area (Å²) in [6.07, 6.45) is -0.565. The molecule has 0 unspecified atom stereocenters. The standard InChI is InChI=1S/C29H30F3N5O/c1-3-25-23(17-20-9-6-5-7-10-20)26(4-2)37-27(34-25)24(19-33-37)28(38)36-15-13-35(14-16-36)22-12-8-11-21(18-22)29(30,31)32/h5-12,18-19H,3-4,13-17H2,1-2H3. The van der Waals surface area contributed by atoms with Gasteiger partial charge in [0, 0.05) is 49.7 Å². The van der Waals surface area contributed by atoms with Crippen LogP contribution in [-0.4, -0.2) is 51.6 Å². The van der Waals surface area contributed by atoms with Crippen molar-refractivity contribution in [2.24, 2.45) is 0 Å². The van der Waals surface area contributed by atoms with Crippen molar-refractivity contribution in [2.45, 2.75) is 39.3 Å². The fourth-order valence-corrected chi connectivity index (χ4v) is 5.16. The first-order valence-corrected chi connectivity index (χ1v) is 12.9. The summed E-state index contributed by atoms with van der Waals surface area (Å²) in [5.41, 5.74) is 5.19. The first kappa shape index (κ1) is 25.8. The minimum Gasteiger partial charge on any atom is -0.368 e. The van der Waals surface area contributed by atoms with Gasteiger partial charge in [0.05, 0.1) is 11.8 Å². The van der Waals surface area contributed by atoms with Crippen molar-refractivity contribution >= 4 is 17.2 Å². The largest absolute Gasteiger partial charge is 0.416 e. The molecule has 0 N–H and O–H groups in total. The molecule has 0 saturated carbocycles. The van der Waals surface area contributed by atoms with Crippen LogP contribution >= 0.6 is 0 Å². The molecule has 6 nitrogen and oxygen atoms in total. The fourth-order valence-electron chi connectivity index (χ4n) is 5.16. The monoisotopic (exact) mass is 521 g/mol. The molecule has 38 heavy (non-hydrogen) atoms. The molecule has 2 aromatic carbocycles. The second kappa shape index (κ2) is 10.5. The smallest absolute Gasteiger partial charge is 0.368 e. The molecule has 3 heterocycles. The SMILES string of the molecule is CCc1nc2c(C(=O)N3CCN(c4cccc(C(F)(F)F)c4)CC3)cnn2c(CC)c1Cc1ccccc1. The Bertz CT molecular complexity index is 1440. The molecule has 0 spiro atoms. The highest BCUT2D eigenvalue weighted by Gasteiger charge is 2.32. The highest BCUT2D eigenvalue weighted by atomic mass is 19.4. The van der Waals surface area contributed by atoms with Gasteiger partial charge in [-0.2, -0.15) is 18.3 Å². The number of halogens is 3. The van der Waals surface area contributed by atoms with Gasteiger partial charge in [0.15, 0.2) is 5.65 Å². The van der Waals surface area contributed by atoms with Gasteiger partial charge < -0.3 is 9.80 Å². The molecule has 1 aliphatic rings. The van der Waals surface area contributed by atoms with E-state index in [9.17, 15) is 18.0 Å². The highest BCUT2D eigenvalue weighted by Crippen LogP contribution is 2.32. The zero-order valence-corrected chi connectivity index (χ0v) is 21.5. The molecule has 1 fully saturated rings. The quantitative estimate of drug-likeness (QED) is 0.340. The number of fused-ring (bicyclic) bond motifs is 1. The van der Waals surface area contributed by atoms with Crippen LogP contribution in [-0.2, 0) is 25.4 Å². The number of anilines is 1. The van der Waals surface area contributed by atoms with E-state index in [4.69, 9.17) is 4.98 Å². The van der Waals surface area contributed by atoms with E-state index in [0.717, 1.165) is 48.3 Å². The Morgan fingerprint density at radius 2 is 1.68 bits per heavy atom. The van der Waals surface area contributed by atoms with Gasteiger partial charge in [-0.1, -0.05) is 50.2 Å². The molecule has 0 bridgehead atoms. The molecule has 1 saturated heterocycles. The van der Waals surface area contributed by atoms with Gasteiger partial charge >= 0.3 is 6.18 Å². The van der Waals surface area contributed by atoms with Crippen molar-refractivity contribution in [3.63, 3.8) is 0 Å². The average molecular weight is 522 g/mol. The highest BCUT2D eigenvalue weighted by molar-refractivity contribution is 5.99. The Labute approximate surface area is 219 Å². The number of piperazine rings is 1. The van der Waals surface area contributed by atoms with Gasteiger partial charge in [0.1, 0.15) is 5.56 Å². The Balaban J connectivity index is 1.38. The van der Waals surface area contributed by atoms with Crippen LogP contribution in [0.1, 0.15) is 52.3 Å². The summed E-state index contributed by atoms with van der Waals surface area (Å²) in [4.78, 5) is 22.1. The van der Waals surface area contributed by atoms with Gasteiger partial charge in [-0.05, 0) is 42.2 Å². The van der Waals surface area contributed by atoms with Crippen LogP contribution in [0.4, 0.5) is 18.9 Å². The van der Waals surface area contributed by atoms with Gasteiger partial charge in [-0.15, -0.1) is 0 Å². The van der Waals surface area contributed by atoms with E-state index in [1.54, 1.807) is 21.7 Å². The maximum absolute atomic E-state index is 13.5. The molecule has 9 heteroatoms. The second-order valence-electron chi connectivity index (χ2n) is 9.47. The molecule has 5 rings (SSSR count). The first-order chi connectivity index (χ1) is 18.3. The summed E-state index contributed by atoms with van der Waals surface area (Å²) in [6, 6.07) is 15.6. The Hall–Kier alpha value is -3.88. The van der Waals surface area contributed by atoms with E-state index < -0.39 is 11.7 Å². The maximum Gasteiger partial charge on any atom is 0.416 e. The van der Waals surface area contributed by atoms with Gasteiger partial charge in [-0.3, -0.25) is 4.79 Å². The fraction of sp³-hybridized carbons (Fsp3) is 0.345. The summed E-state index contributed by atoms with van der Waals surface area (Å²) in [5, 5.41) is 4.57.